The van der Waals surface area contributed by atoms with E-state index in [0.29, 0.717) is 25.2 Å². The first-order valence-electron chi connectivity index (χ1n) is 6.46. The van der Waals surface area contributed by atoms with Crippen molar-refractivity contribution in [2.75, 3.05) is 24.1 Å². The highest BCUT2D eigenvalue weighted by Gasteiger charge is 2.19. The Kier molecular flexibility index (Phi) is 5.94. The molecule has 1 aromatic carbocycles. The van der Waals surface area contributed by atoms with E-state index >= 15 is 0 Å². The van der Waals surface area contributed by atoms with E-state index in [0.717, 1.165) is 0 Å². The second-order valence-electron chi connectivity index (χ2n) is 4.44. The molecule has 1 atom stereocenters. The summed E-state index contributed by atoms with van der Waals surface area (Å²) in [5.74, 6) is -0.726. The largest absolute Gasteiger partial charge is 0.396 e. The van der Waals surface area contributed by atoms with Crippen LogP contribution in [0.2, 0.25) is 0 Å². The van der Waals surface area contributed by atoms with Gasteiger partial charge in [0.25, 0.3) is 0 Å². The third-order valence-corrected chi connectivity index (χ3v) is 3.11. The van der Waals surface area contributed by atoms with E-state index in [2.05, 4.69) is 11.4 Å². The molecule has 0 radical (unpaired) electrons. The fourth-order valence-electron chi connectivity index (χ4n) is 1.85. The maximum Gasteiger partial charge on any atom is 0.241 e. The van der Waals surface area contributed by atoms with Gasteiger partial charge >= 0.3 is 0 Å². The van der Waals surface area contributed by atoms with E-state index in [1.54, 1.807) is 6.92 Å². The molecule has 0 saturated heterocycles. The van der Waals surface area contributed by atoms with Crippen molar-refractivity contribution in [2.24, 2.45) is 0 Å². The van der Waals surface area contributed by atoms with E-state index in [1.165, 1.54) is 18.2 Å². The first kappa shape index (κ1) is 15.9. The molecule has 3 N–H and O–H groups in total. The normalized spacial score (nSPS) is 11.9. The molecule has 0 heterocycles. The molecule has 0 fully saturated rings. The second-order valence-corrected chi connectivity index (χ2v) is 4.44. The van der Waals surface area contributed by atoms with E-state index in [-0.39, 0.29) is 17.6 Å². The summed E-state index contributed by atoms with van der Waals surface area (Å²) in [6.45, 7) is 4.90. The monoisotopic (exact) mass is 278 g/mol. The van der Waals surface area contributed by atoms with Gasteiger partial charge < -0.3 is 11.1 Å². The molecule has 20 heavy (non-hydrogen) atoms. The predicted octanol–water partition coefficient (Wildman–Crippen LogP) is 1.97. The molecule has 0 spiro atoms. The fraction of sp³-hybridized carbons (Fsp3) is 0.429. The van der Waals surface area contributed by atoms with Crippen LogP contribution < -0.4 is 11.1 Å². The van der Waals surface area contributed by atoms with E-state index < -0.39 is 5.82 Å². The van der Waals surface area contributed by atoms with Gasteiger partial charge in [0, 0.05) is 18.7 Å². The van der Waals surface area contributed by atoms with E-state index in [4.69, 9.17) is 11.0 Å². The minimum absolute atomic E-state index is 0.00715. The topological polar surface area (TPSA) is 82.2 Å². The van der Waals surface area contributed by atoms with Crippen molar-refractivity contribution in [1.82, 2.24) is 4.90 Å². The van der Waals surface area contributed by atoms with Crippen LogP contribution in [0.15, 0.2) is 18.2 Å². The van der Waals surface area contributed by atoms with Gasteiger partial charge in [-0.3, -0.25) is 9.69 Å². The van der Waals surface area contributed by atoms with Gasteiger partial charge in [0.15, 0.2) is 0 Å². The van der Waals surface area contributed by atoms with Gasteiger partial charge in [-0.1, -0.05) is 6.92 Å². The van der Waals surface area contributed by atoms with E-state index in [9.17, 15) is 9.18 Å². The lowest BCUT2D eigenvalue weighted by atomic mass is 10.2. The van der Waals surface area contributed by atoms with Crippen LogP contribution in [-0.2, 0) is 4.79 Å². The minimum Gasteiger partial charge on any atom is -0.396 e. The Labute approximate surface area is 118 Å². The smallest absolute Gasteiger partial charge is 0.241 e. The molecule has 0 aliphatic carbocycles. The summed E-state index contributed by atoms with van der Waals surface area (Å²) in [7, 11) is 0. The number of nitrogens with zero attached hydrogens (tertiary/aromatic N) is 2. The number of amides is 1. The number of nitrogens with one attached hydrogen (secondary N) is 1. The van der Waals surface area contributed by atoms with Crippen molar-refractivity contribution in [1.29, 1.82) is 5.26 Å². The zero-order chi connectivity index (χ0) is 15.1. The molecule has 6 heteroatoms. The summed E-state index contributed by atoms with van der Waals surface area (Å²) in [5.41, 5.74) is 5.90. The quantitative estimate of drug-likeness (QED) is 0.779. The molecule has 0 bridgehead atoms. The van der Waals surface area contributed by atoms with Crippen molar-refractivity contribution < 1.29 is 9.18 Å². The van der Waals surface area contributed by atoms with Crippen LogP contribution in [0.25, 0.3) is 0 Å². The number of anilines is 2. The lowest BCUT2D eigenvalue weighted by Gasteiger charge is -2.25. The standard InChI is InChI=1S/C14H19FN4O/c1-3-19(8-4-7-16)10(2)14(20)18-11-5-6-12(15)13(17)9-11/h5-6,9-10H,3-4,8,17H2,1-2H3,(H,18,20). The van der Waals surface area contributed by atoms with Crippen LogP contribution in [0.1, 0.15) is 20.3 Å². The second kappa shape index (κ2) is 7.46. The van der Waals surface area contributed by atoms with Crippen molar-refractivity contribution in [3.05, 3.63) is 24.0 Å². The van der Waals surface area contributed by atoms with Crippen molar-refractivity contribution >= 4 is 17.3 Å². The molecule has 0 aliphatic rings. The molecule has 1 aromatic rings. The Morgan fingerprint density at radius 2 is 2.30 bits per heavy atom. The summed E-state index contributed by atoms with van der Waals surface area (Å²) in [6.07, 6.45) is 0.370. The number of halogens is 1. The minimum atomic E-state index is -0.514. The van der Waals surface area contributed by atoms with Crippen LogP contribution in [0.5, 0.6) is 0 Å². The Morgan fingerprint density at radius 1 is 1.60 bits per heavy atom. The lowest BCUT2D eigenvalue weighted by molar-refractivity contribution is -0.120. The molecule has 1 amide bonds. The molecule has 0 aliphatic heterocycles. The number of likely N-dealkylation sites (N-methyl/N-ethyl adjacent to an activating group) is 1. The summed E-state index contributed by atoms with van der Waals surface area (Å²) in [5, 5.41) is 11.3. The summed E-state index contributed by atoms with van der Waals surface area (Å²) in [6, 6.07) is 5.73. The number of hydrogen-bond donors (Lipinski definition) is 2. The summed E-state index contributed by atoms with van der Waals surface area (Å²) >= 11 is 0. The summed E-state index contributed by atoms with van der Waals surface area (Å²) < 4.78 is 13.0. The highest BCUT2D eigenvalue weighted by atomic mass is 19.1. The number of rotatable bonds is 6. The van der Waals surface area contributed by atoms with Gasteiger partial charge in [-0.05, 0) is 31.7 Å². The number of nitriles is 1. The van der Waals surface area contributed by atoms with Crippen LogP contribution in [0.4, 0.5) is 15.8 Å². The van der Waals surface area contributed by atoms with Crippen LogP contribution in [0, 0.1) is 17.1 Å². The predicted molar refractivity (Wildman–Crippen MR) is 76.4 cm³/mol. The number of hydrogen-bond acceptors (Lipinski definition) is 4. The molecule has 5 nitrogen and oxygen atoms in total. The molecule has 1 rings (SSSR count). The van der Waals surface area contributed by atoms with Crippen molar-refractivity contribution in [3.8, 4) is 6.07 Å². The Bertz CT molecular complexity index is 512. The zero-order valence-corrected chi connectivity index (χ0v) is 11.7. The highest BCUT2D eigenvalue weighted by molar-refractivity contribution is 5.94. The Balaban J connectivity index is 2.69. The van der Waals surface area contributed by atoms with Crippen LogP contribution >= 0.6 is 0 Å². The molecule has 1 unspecified atom stereocenters. The zero-order valence-electron chi connectivity index (χ0n) is 11.7. The number of nitrogens with two attached hydrogens (primary N) is 1. The first-order chi connectivity index (χ1) is 9.49. The lowest BCUT2D eigenvalue weighted by Crippen LogP contribution is -2.42. The van der Waals surface area contributed by atoms with Crippen LogP contribution in [-0.4, -0.2) is 29.9 Å². The number of nitrogen functional groups attached to an aromatic ring is 1. The number of benzene rings is 1. The maximum atomic E-state index is 13.0. The Hall–Kier alpha value is -2.13. The van der Waals surface area contributed by atoms with E-state index in [1.807, 2.05) is 11.8 Å². The molecule has 108 valence electrons. The average molecular weight is 278 g/mol. The van der Waals surface area contributed by atoms with Crippen LogP contribution in [0.3, 0.4) is 0 Å². The molecule has 0 aromatic heterocycles. The van der Waals surface area contributed by atoms with Gasteiger partial charge in [0.1, 0.15) is 5.82 Å². The SMILES string of the molecule is CCN(CCC#N)C(C)C(=O)Nc1ccc(F)c(N)c1. The first-order valence-corrected chi connectivity index (χ1v) is 6.46. The van der Waals surface area contributed by atoms with Gasteiger partial charge in [-0.2, -0.15) is 5.26 Å². The van der Waals surface area contributed by atoms with Crippen molar-refractivity contribution in [2.45, 2.75) is 26.3 Å². The molecular formula is C14H19FN4O. The van der Waals surface area contributed by atoms with Gasteiger partial charge in [0.05, 0.1) is 17.8 Å². The van der Waals surface area contributed by atoms with Gasteiger partial charge in [-0.25, -0.2) is 4.39 Å². The average Bonchev–Trinajstić information content (AvgIpc) is 2.43. The molecular weight excluding hydrogens is 259 g/mol. The van der Waals surface area contributed by atoms with Crippen molar-refractivity contribution in [3.63, 3.8) is 0 Å². The van der Waals surface area contributed by atoms with Gasteiger partial charge in [0.2, 0.25) is 5.91 Å². The number of carbonyl (C=O) groups is 1. The number of carbonyl (C=O) groups excluding carboxylic acids is 1. The van der Waals surface area contributed by atoms with Gasteiger partial charge in [-0.15, -0.1) is 0 Å². The third kappa shape index (κ3) is 4.21. The fourth-order valence-corrected chi connectivity index (χ4v) is 1.85. The highest BCUT2D eigenvalue weighted by Crippen LogP contribution is 2.17. The summed E-state index contributed by atoms with van der Waals surface area (Å²) in [4.78, 5) is 14.0. The Morgan fingerprint density at radius 3 is 2.85 bits per heavy atom. The molecule has 0 saturated carbocycles. The maximum absolute atomic E-state index is 13.0. The third-order valence-electron chi connectivity index (χ3n) is 3.11.